The SMILES string of the molecule is Cc1cc(NC(=O)N2Cc3ccccc3OC(C)(C)C2)nn1C. The Morgan fingerprint density at radius 2 is 2.09 bits per heavy atom. The number of para-hydroxylation sites is 1. The second-order valence-corrected chi connectivity index (χ2v) is 6.55. The van der Waals surface area contributed by atoms with Crippen LogP contribution in [0.4, 0.5) is 10.6 Å². The maximum atomic E-state index is 12.6. The van der Waals surface area contributed by atoms with Crippen molar-refractivity contribution < 1.29 is 9.53 Å². The molecule has 0 unspecified atom stereocenters. The lowest BCUT2D eigenvalue weighted by molar-refractivity contribution is 0.0834. The first kappa shape index (κ1) is 15.4. The highest BCUT2D eigenvalue weighted by atomic mass is 16.5. The quantitative estimate of drug-likeness (QED) is 0.880. The van der Waals surface area contributed by atoms with E-state index in [0.717, 1.165) is 17.0 Å². The zero-order valence-corrected chi connectivity index (χ0v) is 14.0. The topological polar surface area (TPSA) is 59.4 Å². The lowest BCUT2D eigenvalue weighted by Gasteiger charge is -2.29. The molecule has 1 aliphatic heterocycles. The van der Waals surface area contributed by atoms with Crippen molar-refractivity contribution in [3.8, 4) is 5.75 Å². The van der Waals surface area contributed by atoms with Gasteiger partial charge in [-0.3, -0.25) is 10.00 Å². The molecule has 0 saturated heterocycles. The van der Waals surface area contributed by atoms with Gasteiger partial charge in [0.25, 0.3) is 0 Å². The molecule has 0 spiro atoms. The average Bonchev–Trinajstić information content (AvgIpc) is 2.69. The third kappa shape index (κ3) is 3.31. The van der Waals surface area contributed by atoms with E-state index >= 15 is 0 Å². The van der Waals surface area contributed by atoms with Crippen LogP contribution in [0.2, 0.25) is 0 Å². The number of amides is 2. The number of urea groups is 1. The predicted molar refractivity (Wildman–Crippen MR) is 88.5 cm³/mol. The van der Waals surface area contributed by atoms with E-state index in [4.69, 9.17) is 4.74 Å². The molecule has 0 aliphatic carbocycles. The van der Waals surface area contributed by atoms with Gasteiger partial charge in [-0.1, -0.05) is 18.2 Å². The highest BCUT2D eigenvalue weighted by Crippen LogP contribution is 2.29. The average molecular weight is 314 g/mol. The summed E-state index contributed by atoms with van der Waals surface area (Å²) in [4.78, 5) is 14.4. The molecule has 6 heteroatoms. The van der Waals surface area contributed by atoms with Gasteiger partial charge in [0.1, 0.15) is 11.4 Å². The molecular formula is C17H22N4O2. The molecule has 6 nitrogen and oxygen atoms in total. The van der Waals surface area contributed by atoms with Crippen LogP contribution < -0.4 is 10.1 Å². The molecule has 0 radical (unpaired) electrons. The Kier molecular flexibility index (Phi) is 3.75. The second-order valence-electron chi connectivity index (χ2n) is 6.55. The Morgan fingerprint density at radius 1 is 1.35 bits per heavy atom. The van der Waals surface area contributed by atoms with Gasteiger partial charge in [-0.25, -0.2) is 4.79 Å². The molecule has 2 aromatic rings. The van der Waals surface area contributed by atoms with Gasteiger partial charge >= 0.3 is 6.03 Å². The number of hydrogen-bond donors (Lipinski definition) is 1. The van der Waals surface area contributed by atoms with E-state index in [0.29, 0.717) is 18.9 Å². The van der Waals surface area contributed by atoms with Crippen LogP contribution in [-0.2, 0) is 13.6 Å². The summed E-state index contributed by atoms with van der Waals surface area (Å²) in [5.74, 6) is 1.40. The van der Waals surface area contributed by atoms with Crippen molar-refractivity contribution >= 4 is 11.8 Å². The minimum absolute atomic E-state index is 0.170. The van der Waals surface area contributed by atoms with Crippen LogP contribution >= 0.6 is 0 Å². The number of nitrogens with one attached hydrogen (secondary N) is 1. The number of benzene rings is 1. The maximum absolute atomic E-state index is 12.6. The van der Waals surface area contributed by atoms with E-state index < -0.39 is 5.60 Å². The van der Waals surface area contributed by atoms with Crippen molar-refractivity contribution in [3.05, 3.63) is 41.6 Å². The highest BCUT2D eigenvalue weighted by Gasteiger charge is 2.31. The molecule has 0 bridgehead atoms. The summed E-state index contributed by atoms with van der Waals surface area (Å²) in [7, 11) is 1.85. The van der Waals surface area contributed by atoms with Gasteiger partial charge in [0.05, 0.1) is 13.1 Å². The summed E-state index contributed by atoms with van der Waals surface area (Å²) in [5, 5.41) is 7.15. The van der Waals surface area contributed by atoms with E-state index in [1.807, 2.05) is 58.2 Å². The van der Waals surface area contributed by atoms with E-state index in [-0.39, 0.29) is 6.03 Å². The summed E-state index contributed by atoms with van der Waals surface area (Å²) in [6.45, 7) is 6.93. The smallest absolute Gasteiger partial charge is 0.323 e. The molecule has 2 amide bonds. The van der Waals surface area contributed by atoms with Crippen molar-refractivity contribution in [3.63, 3.8) is 0 Å². The first-order valence-electron chi connectivity index (χ1n) is 7.67. The predicted octanol–water partition coefficient (Wildman–Crippen LogP) is 2.93. The molecule has 1 N–H and O–H groups in total. The fourth-order valence-corrected chi connectivity index (χ4v) is 2.74. The van der Waals surface area contributed by atoms with Crippen molar-refractivity contribution in [1.29, 1.82) is 0 Å². The van der Waals surface area contributed by atoms with Crippen LogP contribution in [0.1, 0.15) is 25.1 Å². The number of anilines is 1. The number of nitrogens with zero attached hydrogens (tertiary/aromatic N) is 3. The van der Waals surface area contributed by atoms with Crippen molar-refractivity contribution in [2.75, 3.05) is 11.9 Å². The third-order valence-corrected chi connectivity index (χ3v) is 3.93. The number of fused-ring (bicyclic) bond motifs is 1. The van der Waals surface area contributed by atoms with Gasteiger partial charge in [-0.15, -0.1) is 0 Å². The van der Waals surface area contributed by atoms with E-state index in [9.17, 15) is 4.79 Å². The Morgan fingerprint density at radius 3 is 2.78 bits per heavy atom. The van der Waals surface area contributed by atoms with Gasteiger partial charge in [0.15, 0.2) is 5.82 Å². The second kappa shape index (κ2) is 5.61. The van der Waals surface area contributed by atoms with Crippen molar-refractivity contribution in [1.82, 2.24) is 14.7 Å². The summed E-state index contributed by atoms with van der Waals surface area (Å²) < 4.78 is 7.79. The fraction of sp³-hybridized carbons (Fsp3) is 0.412. The largest absolute Gasteiger partial charge is 0.486 e. The van der Waals surface area contributed by atoms with Crippen molar-refractivity contribution in [2.24, 2.45) is 7.05 Å². The van der Waals surface area contributed by atoms with Gasteiger partial charge in [0, 0.05) is 24.4 Å². The van der Waals surface area contributed by atoms with Gasteiger partial charge < -0.3 is 9.64 Å². The van der Waals surface area contributed by atoms with Crippen LogP contribution in [0.15, 0.2) is 30.3 Å². The number of carbonyl (C=O) groups is 1. The molecule has 0 fully saturated rings. The Labute approximate surface area is 136 Å². The number of aryl methyl sites for hydroxylation is 2. The Bertz CT molecular complexity index is 716. The summed E-state index contributed by atoms with van der Waals surface area (Å²) >= 11 is 0. The molecule has 23 heavy (non-hydrogen) atoms. The molecule has 2 heterocycles. The number of ether oxygens (including phenoxy) is 1. The molecule has 0 saturated carbocycles. The summed E-state index contributed by atoms with van der Waals surface area (Å²) in [6.07, 6.45) is 0. The lowest BCUT2D eigenvalue weighted by atomic mass is 10.1. The van der Waals surface area contributed by atoms with Crippen molar-refractivity contribution in [2.45, 2.75) is 32.9 Å². The van der Waals surface area contributed by atoms with Gasteiger partial charge in [-0.2, -0.15) is 5.10 Å². The molecule has 1 aromatic carbocycles. The minimum Gasteiger partial charge on any atom is -0.486 e. The van der Waals surface area contributed by atoms with Crippen LogP contribution in [0, 0.1) is 6.92 Å². The van der Waals surface area contributed by atoms with E-state index in [2.05, 4.69) is 10.4 Å². The van der Waals surface area contributed by atoms with Crippen LogP contribution in [0.5, 0.6) is 5.75 Å². The summed E-state index contributed by atoms with van der Waals surface area (Å²) in [5.41, 5.74) is 1.54. The molecule has 3 rings (SSSR count). The van der Waals surface area contributed by atoms with E-state index in [1.54, 1.807) is 9.58 Å². The number of carbonyl (C=O) groups excluding carboxylic acids is 1. The monoisotopic (exact) mass is 314 g/mol. The Balaban J connectivity index is 1.82. The number of rotatable bonds is 1. The lowest BCUT2D eigenvalue weighted by Crippen LogP contribution is -2.44. The maximum Gasteiger partial charge on any atom is 0.323 e. The van der Waals surface area contributed by atoms with Crippen LogP contribution in [0.25, 0.3) is 0 Å². The Hall–Kier alpha value is -2.50. The zero-order valence-electron chi connectivity index (χ0n) is 14.0. The molecule has 1 aromatic heterocycles. The zero-order chi connectivity index (χ0) is 16.6. The molecule has 0 atom stereocenters. The first-order chi connectivity index (χ1) is 10.8. The van der Waals surface area contributed by atoms with E-state index in [1.165, 1.54) is 0 Å². The standard InChI is InChI=1S/C17H22N4O2/c1-12-9-15(19-20(12)4)18-16(22)21-10-13-7-5-6-8-14(13)23-17(2,3)11-21/h5-9H,10-11H2,1-4H3,(H,18,19,22). The molecule has 1 aliphatic rings. The fourth-order valence-electron chi connectivity index (χ4n) is 2.74. The number of aromatic nitrogens is 2. The highest BCUT2D eigenvalue weighted by molar-refractivity contribution is 5.88. The van der Waals surface area contributed by atoms with Crippen LogP contribution in [0.3, 0.4) is 0 Å². The molecular weight excluding hydrogens is 292 g/mol. The normalized spacial score (nSPS) is 16.3. The van der Waals surface area contributed by atoms with Gasteiger partial charge in [-0.05, 0) is 26.8 Å². The first-order valence-corrected chi connectivity index (χ1v) is 7.67. The number of hydrogen-bond acceptors (Lipinski definition) is 3. The van der Waals surface area contributed by atoms with Crippen LogP contribution in [-0.4, -0.2) is 32.9 Å². The minimum atomic E-state index is -0.454. The summed E-state index contributed by atoms with van der Waals surface area (Å²) in [6, 6.07) is 9.52. The molecule has 122 valence electrons. The van der Waals surface area contributed by atoms with Gasteiger partial charge in [0.2, 0.25) is 0 Å². The third-order valence-electron chi connectivity index (χ3n) is 3.93.